The van der Waals surface area contributed by atoms with Crippen LogP contribution < -0.4 is 14.7 Å². The average Bonchev–Trinajstić information content (AvgIpc) is 2.75. The first kappa shape index (κ1) is 17.4. The molecule has 4 heterocycles. The first-order valence-corrected chi connectivity index (χ1v) is 8.91. The van der Waals surface area contributed by atoms with Gasteiger partial charge in [-0.25, -0.2) is 24.7 Å². The van der Waals surface area contributed by atoms with Crippen LogP contribution in [0.15, 0.2) is 24.8 Å². The Kier molecular flexibility index (Phi) is 4.97. The van der Waals surface area contributed by atoms with Crippen LogP contribution >= 0.6 is 0 Å². The number of piperazine rings is 1. The summed E-state index contributed by atoms with van der Waals surface area (Å²) in [5, 5.41) is 8.92. The Morgan fingerprint density at radius 1 is 0.815 bits per heavy atom. The highest BCUT2D eigenvalue weighted by Gasteiger charge is 2.21. The summed E-state index contributed by atoms with van der Waals surface area (Å²) in [7, 11) is 0. The van der Waals surface area contributed by atoms with E-state index in [1.165, 1.54) is 12.4 Å². The van der Waals surface area contributed by atoms with E-state index in [9.17, 15) is 4.79 Å². The Hall–Kier alpha value is -3.01. The third kappa shape index (κ3) is 3.90. The van der Waals surface area contributed by atoms with E-state index in [1.54, 1.807) is 6.33 Å². The van der Waals surface area contributed by atoms with Crippen molar-refractivity contribution in [1.82, 2.24) is 19.9 Å². The lowest BCUT2D eigenvalue weighted by molar-refractivity contribution is 0.0690. The fourth-order valence-corrected chi connectivity index (χ4v) is 3.24. The summed E-state index contributed by atoms with van der Waals surface area (Å²) in [5.41, 5.74) is -0.0472. The van der Waals surface area contributed by atoms with E-state index in [2.05, 4.69) is 34.6 Å². The van der Waals surface area contributed by atoms with Gasteiger partial charge in [0.25, 0.3) is 0 Å². The third-order valence-corrected chi connectivity index (χ3v) is 4.76. The molecule has 27 heavy (non-hydrogen) atoms. The van der Waals surface area contributed by atoms with Gasteiger partial charge < -0.3 is 24.5 Å². The van der Waals surface area contributed by atoms with Crippen molar-refractivity contribution in [3.05, 3.63) is 30.5 Å². The van der Waals surface area contributed by atoms with Gasteiger partial charge in [-0.1, -0.05) is 0 Å². The van der Waals surface area contributed by atoms with Gasteiger partial charge in [-0.3, -0.25) is 0 Å². The summed E-state index contributed by atoms with van der Waals surface area (Å²) in [6.45, 7) is 6.24. The quantitative estimate of drug-likeness (QED) is 0.796. The molecule has 4 rings (SSSR count). The van der Waals surface area contributed by atoms with E-state index >= 15 is 0 Å². The molecule has 0 bridgehead atoms. The fourth-order valence-electron chi connectivity index (χ4n) is 3.24. The minimum absolute atomic E-state index is 0.0472. The highest BCUT2D eigenvalue weighted by atomic mass is 16.5. The normalized spacial score (nSPS) is 17.9. The Labute approximate surface area is 156 Å². The van der Waals surface area contributed by atoms with E-state index in [0.717, 1.165) is 64.1 Å². The van der Waals surface area contributed by atoms with Crippen molar-refractivity contribution in [3.63, 3.8) is 0 Å². The number of carbonyl (C=O) groups is 1. The van der Waals surface area contributed by atoms with E-state index in [-0.39, 0.29) is 5.69 Å². The first-order chi connectivity index (χ1) is 13.2. The number of carboxylic acids is 1. The SMILES string of the molecule is O=C(O)c1cnc(N2CCN(c3cc(N4CCOCC4)ncn3)CC2)cn1. The molecular weight excluding hydrogens is 350 g/mol. The van der Waals surface area contributed by atoms with E-state index in [0.29, 0.717) is 5.82 Å². The number of carboxylic acid groups (broad SMARTS) is 1. The minimum Gasteiger partial charge on any atom is -0.476 e. The van der Waals surface area contributed by atoms with Crippen LogP contribution in [-0.2, 0) is 4.74 Å². The van der Waals surface area contributed by atoms with Gasteiger partial charge in [-0.2, -0.15) is 0 Å². The molecule has 0 aromatic carbocycles. The lowest BCUT2D eigenvalue weighted by Crippen LogP contribution is -2.47. The highest BCUT2D eigenvalue weighted by molar-refractivity contribution is 5.84. The predicted molar refractivity (Wildman–Crippen MR) is 98.5 cm³/mol. The van der Waals surface area contributed by atoms with Gasteiger partial charge in [0, 0.05) is 45.3 Å². The van der Waals surface area contributed by atoms with Gasteiger partial charge in [0.2, 0.25) is 0 Å². The molecule has 0 radical (unpaired) electrons. The molecular formula is C17H21N7O3. The van der Waals surface area contributed by atoms with Crippen LogP contribution in [0.4, 0.5) is 17.5 Å². The van der Waals surface area contributed by atoms with Crippen LogP contribution in [0.5, 0.6) is 0 Å². The topological polar surface area (TPSA) is 108 Å². The van der Waals surface area contributed by atoms with Gasteiger partial charge >= 0.3 is 5.97 Å². The molecule has 2 aliphatic rings. The molecule has 2 saturated heterocycles. The summed E-state index contributed by atoms with van der Waals surface area (Å²) in [5.74, 6) is 1.47. The van der Waals surface area contributed by atoms with E-state index in [1.807, 2.05) is 6.07 Å². The zero-order valence-corrected chi connectivity index (χ0v) is 14.9. The minimum atomic E-state index is -1.07. The second-order valence-electron chi connectivity index (χ2n) is 6.37. The maximum atomic E-state index is 10.9. The number of aromatic nitrogens is 4. The Balaban J connectivity index is 1.39. The molecule has 0 spiro atoms. The second-order valence-corrected chi connectivity index (χ2v) is 6.37. The van der Waals surface area contributed by atoms with Crippen LogP contribution in [0.3, 0.4) is 0 Å². The molecule has 2 fully saturated rings. The summed E-state index contributed by atoms with van der Waals surface area (Å²) >= 11 is 0. The van der Waals surface area contributed by atoms with Gasteiger partial charge in [-0.05, 0) is 0 Å². The summed E-state index contributed by atoms with van der Waals surface area (Å²) < 4.78 is 5.40. The monoisotopic (exact) mass is 371 g/mol. The van der Waals surface area contributed by atoms with Crippen molar-refractivity contribution in [2.24, 2.45) is 0 Å². The van der Waals surface area contributed by atoms with Gasteiger partial charge in [0.1, 0.15) is 23.8 Å². The number of rotatable bonds is 4. The van der Waals surface area contributed by atoms with Crippen molar-refractivity contribution in [3.8, 4) is 0 Å². The van der Waals surface area contributed by atoms with Crippen molar-refractivity contribution in [2.45, 2.75) is 0 Å². The Morgan fingerprint density at radius 3 is 1.96 bits per heavy atom. The van der Waals surface area contributed by atoms with Crippen LogP contribution in [-0.4, -0.2) is 83.5 Å². The fraction of sp³-hybridized carbons (Fsp3) is 0.471. The average molecular weight is 371 g/mol. The molecule has 1 N–H and O–H groups in total. The number of anilines is 3. The molecule has 10 heteroatoms. The van der Waals surface area contributed by atoms with Gasteiger partial charge in [0.15, 0.2) is 5.69 Å². The van der Waals surface area contributed by atoms with E-state index in [4.69, 9.17) is 9.84 Å². The maximum Gasteiger partial charge on any atom is 0.356 e. The number of morpholine rings is 1. The van der Waals surface area contributed by atoms with Gasteiger partial charge in [0.05, 0.1) is 25.6 Å². The molecule has 142 valence electrons. The maximum absolute atomic E-state index is 10.9. The van der Waals surface area contributed by atoms with Crippen molar-refractivity contribution in [1.29, 1.82) is 0 Å². The molecule has 2 aromatic rings. The number of aromatic carboxylic acids is 1. The smallest absolute Gasteiger partial charge is 0.356 e. The van der Waals surface area contributed by atoms with Crippen molar-refractivity contribution >= 4 is 23.4 Å². The lowest BCUT2D eigenvalue weighted by Gasteiger charge is -2.36. The van der Waals surface area contributed by atoms with E-state index < -0.39 is 5.97 Å². The van der Waals surface area contributed by atoms with Crippen LogP contribution in [0.1, 0.15) is 10.5 Å². The predicted octanol–water partition coefficient (Wildman–Crippen LogP) is 0.128. The largest absolute Gasteiger partial charge is 0.476 e. The van der Waals surface area contributed by atoms with Gasteiger partial charge in [-0.15, -0.1) is 0 Å². The first-order valence-electron chi connectivity index (χ1n) is 8.91. The summed E-state index contributed by atoms with van der Waals surface area (Å²) in [6, 6.07) is 2.03. The molecule has 10 nitrogen and oxygen atoms in total. The highest BCUT2D eigenvalue weighted by Crippen LogP contribution is 2.21. The molecule has 0 atom stereocenters. The molecule has 2 aliphatic heterocycles. The molecule has 0 saturated carbocycles. The molecule has 0 unspecified atom stereocenters. The van der Waals surface area contributed by atoms with Crippen LogP contribution in [0, 0.1) is 0 Å². The number of nitrogens with zero attached hydrogens (tertiary/aromatic N) is 7. The number of hydrogen-bond acceptors (Lipinski definition) is 9. The zero-order chi connectivity index (χ0) is 18.6. The molecule has 0 amide bonds. The van der Waals surface area contributed by atoms with Crippen molar-refractivity contribution < 1.29 is 14.6 Å². The number of hydrogen-bond donors (Lipinski definition) is 1. The molecule has 2 aromatic heterocycles. The van der Waals surface area contributed by atoms with Crippen molar-refractivity contribution in [2.75, 3.05) is 67.2 Å². The standard InChI is InChI=1S/C17H21N7O3/c25-17(26)13-10-19-16(11-18-13)23-3-1-22(2-4-23)14-9-15(21-12-20-14)24-5-7-27-8-6-24/h9-12H,1-8H2,(H,25,26). The van der Waals surface area contributed by atoms with Crippen LogP contribution in [0.2, 0.25) is 0 Å². The Morgan fingerprint density at radius 2 is 1.41 bits per heavy atom. The second kappa shape index (κ2) is 7.70. The third-order valence-electron chi connectivity index (χ3n) is 4.76. The number of ether oxygens (including phenoxy) is 1. The summed E-state index contributed by atoms with van der Waals surface area (Å²) in [6.07, 6.45) is 4.42. The lowest BCUT2D eigenvalue weighted by atomic mass is 10.3. The Bertz CT molecular complexity index is 787. The molecule has 0 aliphatic carbocycles. The summed E-state index contributed by atoms with van der Waals surface area (Å²) in [4.78, 5) is 34.4. The van der Waals surface area contributed by atoms with Crippen LogP contribution in [0.25, 0.3) is 0 Å². The zero-order valence-electron chi connectivity index (χ0n) is 14.9.